The van der Waals surface area contributed by atoms with E-state index < -0.39 is 6.61 Å². The second-order valence-electron chi connectivity index (χ2n) is 4.89. The molecule has 0 heterocycles. The van der Waals surface area contributed by atoms with Crippen molar-refractivity contribution in [2.45, 2.75) is 32.5 Å². The summed E-state index contributed by atoms with van der Waals surface area (Å²) >= 11 is 0. The monoisotopic (exact) mass is 272 g/mol. The summed E-state index contributed by atoms with van der Waals surface area (Å²) in [6, 6.07) is 7.34. The minimum absolute atomic E-state index is 0.169. The van der Waals surface area contributed by atoms with Gasteiger partial charge in [-0.25, -0.2) is 0 Å². The van der Waals surface area contributed by atoms with Crippen LogP contribution in [-0.2, 0) is 0 Å². The molecule has 0 spiro atoms. The zero-order chi connectivity index (χ0) is 14.4. The molecule has 0 saturated heterocycles. The van der Waals surface area contributed by atoms with E-state index in [1.807, 2.05) is 21.0 Å². The zero-order valence-corrected chi connectivity index (χ0v) is 11.9. The minimum Gasteiger partial charge on any atom is -0.435 e. The number of ether oxygens (including phenoxy) is 1. The molecule has 1 aromatic rings. The van der Waals surface area contributed by atoms with E-state index in [0.717, 1.165) is 12.1 Å². The maximum absolute atomic E-state index is 12.0. The highest BCUT2D eigenvalue weighted by molar-refractivity contribution is 5.28. The van der Waals surface area contributed by atoms with Gasteiger partial charge in [-0.2, -0.15) is 8.78 Å². The molecular formula is C14H22F2N2O. The van der Waals surface area contributed by atoms with Gasteiger partial charge in [-0.15, -0.1) is 0 Å². The van der Waals surface area contributed by atoms with E-state index >= 15 is 0 Å². The topological polar surface area (TPSA) is 24.5 Å². The first kappa shape index (κ1) is 15.9. The van der Waals surface area contributed by atoms with Gasteiger partial charge >= 0.3 is 6.61 Å². The average Bonchev–Trinajstić information content (AvgIpc) is 2.35. The van der Waals surface area contributed by atoms with E-state index in [0.29, 0.717) is 6.04 Å². The van der Waals surface area contributed by atoms with Crippen LogP contribution in [0.5, 0.6) is 5.75 Å². The summed E-state index contributed by atoms with van der Waals surface area (Å²) in [5.74, 6) is 0.188. The van der Waals surface area contributed by atoms with Crippen LogP contribution in [0.4, 0.5) is 8.78 Å². The van der Waals surface area contributed by atoms with Crippen molar-refractivity contribution < 1.29 is 13.5 Å². The van der Waals surface area contributed by atoms with Gasteiger partial charge in [0.15, 0.2) is 0 Å². The van der Waals surface area contributed by atoms with E-state index in [1.54, 1.807) is 24.3 Å². The van der Waals surface area contributed by atoms with Gasteiger partial charge in [0.25, 0.3) is 0 Å². The Balaban J connectivity index is 2.50. The Morgan fingerprint density at radius 1 is 1.16 bits per heavy atom. The maximum Gasteiger partial charge on any atom is 0.387 e. The van der Waals surface area contributed by atoms with Crippen molar-refractivity contribution in [2.75, 3.05) is 20.6 Å². The van der Waals surface area contributed by atoms with Crippen molar-refractivity contribution in [3.05, 3.63) is 29.8 Å². The molecular weight excluding hydrogens is 250 g/mol. The van der Waals surface area contributed by atoms with Gasteiger partial charge in [-0.1, -0.05) is 12.1 Å². The molecule has 1 rings (SSSR count). The van der Waals surface area contributed by atoms with Crippen molar-refractivity contribution in [2.24, 2.45) is 0 Å². The summed E-state index contributed by atoms with van der Waals surface area (Å²) in [6.07, 6.45) is 0. The molecule has 5 heteroatoms. The van der Waals surface area contributed by atoms with Gasteiger partial charge in [0.1, 0.15) is 5.75 Å². The highest BCUT2D eigenvalue weighted by atomic mass is 19.3. The van der Waals surface area contributed by atoms with Gasteiger partial charge in [0.05, 0.1) is 0 Å². The number of rotatable bonds is 7. The Labute approximate surface area is 113 Å². The van der Waals surface area contributed by atoms with Crippen LogP contribution in [0.2, 0.25) is 0 Å². The highest BCUT2D eigenvalue weighted by Crippen LogP contribution is 2.19. The maximum atomic E-state index is 12.0. The SMILES string of the molecule is CC(NCC(C)N(C)C)c1ccc(OC(F)F)cc1. The third-order valence-electron chi connectivity index (χ3n) is 3.21. The summed E-state index contributed by atoms with van der Waals surface area (Å²) in [5, 5.41) is 3.41. The summed E-state index contributed by atoms with van der Waals surface area (Å²) in [5.41, 5.74) is 1.05. The lowest BCUT2D eigenvalue weighted by Gasteiger charge is -2.23. The second-order valence-corrected chi connectivity index (χ2v) is 4.89. The molecule has 0 aliphatic carbocycles. The van der Waals surface area contributed by atoms with E-state index in [4.69, 9.17) is 0 Å². The Bertz CT molecular complexity index is 368. The predicted molar refractivity (Wildman–Crippen MR) is 72.6 cm³/mol. The Morgan fingerprint density at radius 3 is 2.21 bits per heavy atom. The standard InChI is InChI=1S/C14H22F2N2O/c1-10(18(3)4)9-17-11(2)12-5-7-13(8-6-12)19-14(15)16/h5-8,10-11,14,17H,9H2,1-4H3. The Kier molecular flexibility index (Phi) is 6.18. The second kappa shape index (κ2) is 7.40. The first-order valence-electron chi connectivity index (χ1n) is 6.34. The Morgan fingerprint density at radius 2 is 1.74 bits per heavy atom. The number of hydrogen-bond donors (Lipinski definition) is 1. The Hall–Kier alpha value is -1.20. The lowest BCUT2D eigenvalue weighted by molar-refractivity contribution is -0.0498. The minimum atomic E-state index is -2.78. The average molecular weight is 272 g/mol. The molecule has 19 heavy (non-hydrogen) atoms. The van der Waals surface area contributed by atoms with E-state index in [2.05, 4.69) is 21.9 Å². The first-order valence-corrected chi connectivity index (χ1v) is 6.34. The van der Waals surface area contributed by atoms with Crippen molar-refractivity contribution in [3.8, 4) is 5.75 Å². The van der Waals surface area contributed by atoms with Crippen LogP contribution in [0.15, 0.2) is 24.3 Å². The first-order chi connectivity index (χ1) is 8.90. The number of hydrogen-bond acceptors (Lipinski definition) is 3. The van der Waals surface area contributed by atoms with Crippen LogP contribution >= 0.6 is 0 Å². The van der Waals surface area contributed by atoms with Crippen molar-refractivity contribution in [1.29, 1.82) is 0 Å². The van der Waals surface area contributed by atoms with Crippen LogP contribution in [0.25, 0.3) is 0 Å². The quantitative estimate of drug-likeness (QED) is 0.826. The van der Waals surface area contributed by atoms with Gasteiger partial charge in [0.2, 0.25) is 0 Å². The summed E-state index contributed by atoms with van der Waals surface area (Å²) in [7, 11) is 4.07. The number of halogens is 2. The molecule has 0 aliphatic rings. The van der Waals surface area contributed by atoms with E-state index in [-0.39, 0.29) is 11.8 Å². The smallest absolute Gasteiger partial charge is 0.387 e. The largest absolute Gasteiger partial charge is 0.435 e. The van der Waals surface area contributed by atoms with Gasteiger partial charge in [0, 0.05) is 18.6 Å². The van der Waals surface area contributed by atoms with Crippen LogP contribution in [0, 0.1) is 0 Å². The fourth-order valence-corrected chi connectivity index (χ4v) is 1.59. The van der Waals surface area contributed by atoms with Crippen molar-refractivity contribution in [1.82, 2.24) is 10.2 Å². The predicted octanol–water partition coefficient (Wildman–Crippen LogP) is 2.89. The molecule has 1 aromatic carbocycles. The number of likely N-dealkylation sites (N-methyl/N-ethyl adjacent to an activating group) is 1. The number of alkyl halides is 2. The van der Waals surface area contributed by atoms with Crippen molar-refractivity contribution in [3.63, 3.8) is 0 Å². The van der Waals surface area contributed by atoms with Gasteiger partial charge < -0.3 is 15.0 Å². The summed E-state index contributed by atoms with van der Waals surface area (Å²) in [4.78, 5) is 2.14. The molecule has 0 fully saturated rings. The summed E-state index contributed by atoms with van der Waals surface area (Å²) in [6.45, 7) is 2.27. The highest BCUT2D eigenvalue weighted by Gasteiger charge is 2.10. The van der Waals surface area contributed by atoms with Crippen LogP contribution in [0.1, 0.15) is 25.5 Å². The number of nitrogens with one attached hydrogen (secondary N) is 1. The van der Waals surface area contributed by atoms with Crippen LogP contribution < -0.4 is 10.1 Å². The lowest BCUT2D eigenvalue weighted by atomic mass is 10.1. The van der Waals surface area contributed by atoms with E-state index in [9.17, 15) is 8.78 Å². The zero-order valence-electron chi connectivity index (χ0n) is 11.9. The van der Waals surface area contributed by atoms with E-state index in [1.165, 1.54) is 0 Å². The molecule has 0 amide bonds. The normalized spacial score (nSPS) is 14.7. The molecule has 0 radical (unpaired) electrons. The van der Waals surface area contributed by atoms with Crippen LogP contribution in [-0.4, -0.2) is 38.2 Å². The number of nitrogens with zero attached hydrogens (tertiary/aromatic N) is 1. The fourth-order valence-electron chi connectivity index (χ4n) is 1.59. The molecule has 0 saturated carbocycles. The van der Waals surface area contributed by atoms with Crippen LogP contribution in [0.3, 0.4) is 0 Å². The molecule has 0 aromatic heterocycles. The molecule has 3 nitrogen and oxygen atoms in total. The third kappa shape index (κ3) is 5.53. The molecule has 0 bridgehead atoms. The molecule has 108 valence electrons. The third-order valence-corrected chi connectivity index (χ3v) is 3.21. The lowest BCUT2D eigenvalue weighted by Crippen LogP contribution is -2.36. The molecule has 2 atom stereocenters. The molecule has 0 aliphatic heterocycles. The number of benzene rings is 1. The van der Waals surface area contributed by atoms with Gasteiger partial charge in [-0.05, 0) is 45.6 Å². The summed E-state index contributed by atoms with van der Waals surface area (Å²) < 4.78 is 28.4. The molecule has 2 unspecified atom stereocenters. The van der Waals surface area contributed by atoms with Gasteiger partial charge in [-0.3, -0.25) is 0 Å². The molecule has 1 N–H and O–H groups in total. The van der Waals surface area contributed by atoms with Crippen molar-refractivity contribution >= 4 is 0 Å². The fraction of sp³-hybridized carbons (Fsp3) is 0.571.